The van der Waals surface area contributed by atoms with E-state index in [9.17, 15) is 0 Å². The predicted octanol–water partition coefficient (Wildman–Crippen LogP) is 9.97. The summed E-state index contributed by atoms with van der Waals surface area (Å²) >= 11 is 0. The van der Waals surface area contributed by atoms with Crippen LogP contribution in [0, 0.1) is 41.4 Å². The molecule has 0 spiro atoms. The van der Waals surface area contributed by atoms with Gasteiger partial charge in [-0.3, -0.25) is 0 Å². The molecule has 180 valence electrons. The van der Waals surface area contributed by atoms with Gasteiger partial charge in [-0.15, -0.1) is 0 Å². The Morgan fingerprint density at radius 2 is 0.571 bits per heavy atom. The number of hydrogen-bond donors (Lipinski definition) is 1. The summed E-state index contributed by atoms with van der Waals surface area (Å²) in [5.74, 6) is 5.53. The second-order valence-electron chi connectivity index (χ2n) is 10.5. The number of aliphatic hydroxyl groups excluding tert-OH is 1. The van der Waals surface area contributed by atoms with Crippen molar-refractivity contribution in [1.82, 2.24) is 0 Å². The molecule has 1 nitrogen and oxygen atoms in total. The van der Waals surface area contributed by atoms with E-state index in [-0.39, 0.29) is 13.5 Å². The second kappa shape index (κ2) is 29.2. The quantitative estimate of drug-likeness (QED) is 0.492. The molecule has 0 saturated heterocycles. The Labute approximate surface area is 184 Å². The number of rotatable bonds is 4. The van der Waals surface area contributed by atoms with Crippen LogP contribution in [0.3, 0.4) is 0 Å². The van der Waals surface area contributed by atoms with E-state index in [1.165, 1.54) is 6.42 Å². The molecule has 1 N–H and O–H groups in total. The number of aliphatic hydroxyl groups is 1. The van der Waals surface area contributed by atoms with Crippen molar-refractivity contribution in [2.24, 2.45) is 41.4 Å². The molecule has 0 aliphatic heterocycles. The Kier molecular flexibility index (Phi) is 43.9. The molecule has 0 aromatic heterocycles. The Morgan fingerprint density at radius 3 is 0.571 bits per heavy atom. The third-order valence-electron chi connectivity index (χ3n) is 4.45. The predicted molar refractivity (Wildman–Crippen MR) is 138 cm³/mol. The molecule has 0 saturated carbocycles. The Balaban J connectivity index is -0.0000000539. The highest BCUT2D eigenvalue weighted by atomic mass is 16.3. The van der Waals surface area contributed by atoms with Crippen LogP contribution in [0.4, 0.5) is 0 Å². The molecule has 0 bridgehead atoms. The van der Waals surface area contributed by atoms with E-state index in [0.29, 0.717) is 5.92 Å². The van der Waals surface area contributed by atoms with Crippen molar-refractivity contribution in [2.45, 2.75) is 138 Å². The average molecular weight is 407 g/mol. The zero-order valence-electron chi connectivity index (χ0n) is 22.8. The summed E-state index contributed by atoms with van der Waals surface area (Å²) in [4.78, 5) is 0. The molecule has 1 heteroatoms. The van der Waals surface area contributed by atoms with Gasteiger partial charge in [-0.05, 0) is 48.3 Å². The Bertz CT molecular complexity index is 173. The van der Waals surface area contributed by atoms with Crippen LogP contribution in [-0.2, 0) is 0 Å². The minimum Gasteiger partial charge on any atom is -0.393 e. The summed E-state index contributed by atoms with van der Waals surface area (Å²) in [6.07, 6.45) is 1.16. The molecule has 0 aliphatic rings. The van der Waals surface area contributed by atoms with Gasteiger partial charge in [0, 0.05) is 0 Å². The molecule has 0 amide bonds. The summed E-state index contributed by atoms with van der Waals surface area (Å²) in [5, 5.41) is 8.63. The fourth-order valence-corrected chi connectivity index (χ4v) is 0. The normalized spacial score (nSPS) is 11.0. The zero-order valence-corrected chi connectivity index (χ0v) is 22.8. The van der Waals surface area contributed by atoms with Gasteiger partial charge >= 0.3 is 0 Å². The third-order valence-corrected chi connectivity index (χ3v) is 4.45. The zero-order chi connectivity index (χ0) is 23.3. The molecule has 0 aromatic carbocycles. The van der Waals surface area contributed by atoms with E-state index in [1.807, 2.05) is 13.8 Å². The topological polar surface area (TPSA) is 20.2 Å². The van der Waals surface area contributed by atoms with Crippen LogP contribution < -0.4 is 0 Å². The lowest BCUT2D eigenvalue weighted by Gasteiger charge is -2.05. The summed E-state index contributed by atoms with van der Waals surface area (Å²) in [5.41, 5.74) is 0. The third kappa shape index (κ3) is 83.0. The monoisotopic (exact) mass is 407 g/mol. The molecular formula is C27H66O. The first kappa shape index (κ1) is 42.1. The first-order valence-electron chi connectivity index (χ1n) is 11.6. The lowest BCUT2D eigenvalue weighted by atomic mass is 10.0. The fourth-order valence-electron chi connectivity index (χ4n) is 0. The van der Waals surface area contributed by atoms with Gasteiger partial charge in [0.05, 0.1) is 6.10 Å². The molecule has 0 fully saturated rings. The highest BCUT2D eigenvalue weighted by Crippen LogP contribution is 2.06. The highest BCUT2D eigenvalue weighted by molar-refractivity contribution is 4.48. The first-order chi connectivity index (χ1) is 11.9. The summed E-state index contributed by atoms with van der Waals surface area (Å²) in [6.45, 7) is 36.8. The van der Waals surface area contributed by atoms with E-state index in [1.54, 1.807) is 6.92 Å². The van der Waals surface area contributed by atoms with Crippen LogP contribution in [0.5, 0.6) is 0 Å². The largest absolute Gasteiger partial charge is 0.393 e. The van der Waals surface area contributed by atoms with Gasteiger partial charge in [-0.1, -0.05) is 125 Å². The van der Waals surface area contributed by atoms with E-state index >= 15 is 0 Å². The van der Waals surface area contributed by atoms with Crippen molar-refractivity contribution < 1.29 is 5.11 Å². The smallest absolute Gasteiger partial charge is 0.0535 e. The van der Waals surface area contributed by atoms with E-state index in [4.69, 9.17) is 5.11 Å². The van der Waals surface area contributed by atoms with Crippen molar-refractivity contribution in [3.05, 3.63) is 0 Å². The molecule has 0 heterocycles. The van der Waals surface area contributed by atoms with E-state index in [0.717, 1.165) is 35.5 Å². The minimum absolute atomic E-state index is 0. The van der Waals surface area contributed by atoms with Gasteiger partial charge in [0.1, 0.15) is 0 Å². The van der Waals surface area contributed by atoms with Crippen LogP contribution >= 0.6 is 0 Å². The number of hydrogen-bond acceptors (Lipinski definition) is 1. The molecule has 1 atom stereocenters. The van der Waals surface area contributed by atoms with Crippen LogP contribution in [0.15, 0.2) is 0 Å². The average Bonchev–Trinajstić information content (AvgIpc) is 2.48. The summed E-state index contributed by atoms with van der Waals surface area (Å²) in [7, 11) is 0. The van der Waals surface area contributed by atoms with Crippen molar-refractivity contribution in [1.29, 1.82) is 0 Å². The Hall–Kier alpha value is -0.0400. The van der Waals surface area contributed by atoms with Crippen LogP contribution in [0.2, 0.25) is 0 Å². The second-order valence-corrected chi connectivity index (χ2v) is 10.5. The standard InChI is InChI=1S/2C6H14.C5H12O.C5H12.C4H10.CH4/c2*1-5(2)6(3)4;1-4(2)5(3)6;1-4-5(2)3;1-4(2)3;/h2*5-6H,1-4H3;4-6H,1-3H3;5H,4H2,1-3H3;4H,1-3H3;1H4. The van der Waals surface area contributed by atoms with Crippen LogP contribution in [-0.4, -0.2) is 11.2 Å². The van der Waals surface area contributed by atoms with Crippen LogP contribution in [0.25, 0.3) is 0 Å². The highest BCUT2D eigenvalue weighted by Gasteiger charge is 1.98. The van der Waals surface area contributed by atoms with Crippen molar-refractivity contribution in [3.63, 3.8) is 0 Å². The minimum atomic E-state index is -0.148. The SMILES string of the molecule is C.CC(C)C.CC(C)C(C)C.CC(C)C(C)C.CC(C)C(C)O.CCC(C)C. The van der Waals surface area contributed by atoms with E-state index in [2.05, 4.69) is 96.9 Å². The summed E-state index contributed by atoms with van der Waals surface area (Å²) < 4.78 is 0. The fraction of sp³-hybridized carbons (Fsp3) is 1.00. The maximum atomic E-state index is 8.63. The molecule has 0 aromatic rings. The molecule has 28 heavy (non-hydrogen) atoms. The van der Waals surface area contributed by atoms with Crippen molar-refractivity contribution in [2.75, 3.05) is 0 Å². The lowest BCUT2D eigenvalue weighted by molar-refractivity contribution is 0.144. The van der Waals surface area contributed by atoms with Crippen molar-refractivity contribution in [3.8, 4) is 0 Å². The lowest BCUT2D eigenvalue weighted by Crippen LogP contribution is -2.07. The van der Waals surface area contributed by atoms with Crippen LogP contribution in [0.1, 0.15) is 132 Å². The maximum Gasteiger partial charge on any atom is 0.0535 e. The molecule has 1 unspecified atom stereocenters. The van der Waals surface area contributed by atoms with Gasteiger partial charge in [0.15, 0.2) is 0 Å². The molecule has 0 aliphatic carbocycles. The summed E-state index contributed by atoms with van der Waals surface area (Å²) in [6, 6.07) is 0. The maximum absolute atomic E-state index is 8.63. The molecular weight excluding hydrogens is 340 g/mol. The first-order valence-corrected chi connectivity index (χ1v) is 11.6. The van der Waals surface area contributed by atoms with Gasteiger partial charge in [-0.25, -0.2) is 0 Å². The van der Waals surface area contributed by atoms with Gasteiger partial charge in [-0.2, -0.15) is 0 Å². The van der Waals surface area contributed by atoms with Gasteiger partial charge in [0.2, 0.25) is 0 Å². The molecule has 0 rings (SSSR count). The van der Waals surface area contributed by atoms with E-state index < -0.39 is 0 Å². The van der Waals surface area contributed by atoms with Crippen molar-refractivity contribution >= 4 is 0 Å². The van der Waals surface area contributed by atoms with Gasteiger partial charge < -0.3 is 5.11 Å². The Morgan fingerprint density at radius 1 is 0.464 bits per heavy atom. The van der Waals surface area contributed by atoms with Gasteiger partial charge in [0.25, 0.3) is 0 Å². The molecule has 0 radical (unpaired) electrons.